The largest absolute Gasteiger partial charge is 0.495 e. The number of carbonyl (C=O) groups is 2. The maximum Gasteiger partial charge on any atom is 0.265 e. The zero-order valence-corrected chi connectivity index (χ0v) is 27.5. The van der Waals surface area contributed by atoms with Crippen molar-refractivity contribution in [3.63, 3.8) is 0 Å². The van der Waals surface area contributed by atoms with Gasteiger partial charge in [0.15, 0.2) is 11.5 Å². The molecule has 0 fully saturated rings. The number of anilines is 1. The summed E-state index contributed by atoms with van der Waals surface area (Å²) in [7, 11) is -0.195. The van der Waals surface area contributed by atoms with Crippen LogP contribution in [0.5, 0.6) is 17.2 Å². The highest BCUT2D eigenvalue weighted by Gasteiger charge is 2.34. The van der Waals surface area contributed by atoms with E-state index in [1.807, 2.05) is 38.1 Å². The van der Waals surface area contributed by atoms with Crippen molar-refractivity contribution in [2.45, 2.75) is 51.1 Å². The quantitative estimate of drug-likeness (QED) is 0.226. The number of nitrogens with zero attached hydrogens (tertiary/aromatic N) is 2. The Morgan fingerprint density at radius 1 is 0.909 bits per heavy atom. The summed E-state index contributed by atoms with van der Waals surface area (Å²) in [4.78, 5) is 28.6. The van der Waals surface area contributed by atoms with E-state index in [0.717, 1.165) is 28.3 Å². The molecule has 0 heterocycles. The molecule has 1 N–H and O–H groups in total. The van der Waals surface area contributed by atoms with E-state index in [0.29, 0.717) is 12.3 Å². The summed E-state index contributed by atoms with van der Waals surface area (Å²) < 4.78 is 45.6. The van der Waals surface area contributed by atoms with Gasteiger partial charge in [-0.05, 0) is 56.2 Å². The summed E-state index contributed by atoms with van der Waals surface area (Å²) in [6.07, 6.45) is 1.68. The molecule has 44 heavy (non-hydrogen) atoms. The Hall–Kier alpha value is -3.96. The van der Waals surface area contributed by atoms with Crippen LogP contribution >= 0.6 is 11.6 Å². The highest BCUT2D eigenvalue weighted by Crippen LogP contribution is 2.37. The van der Waals surface area contributed by atoms with Gasteiger partial charge in [0.25, 0.3) is 10.0 Å². The molecule has 0 radical (unpaired) electrons. The monoisotopic (exact) mass is 645 g/mol. The second-order valence-corrected chi connectivity index (χ2v) is 12.5. The molecule has 0 spiro atoms. The standard InChI is InChI=1S/C32H40ClN3O7S/c1-7-8-17-34-32(38)23(3)35(20-24-11-9-22(2)10-12-24)31(37)21-36(27-18-25(33)13-15-28(27)41-4)44(39,40)26-14-16-29(42-5)30(19-26)43-6/h9-16,18-19,23H,7-8,17,20-21H2,1-6H3,(H,34,38). The molecular weight excluding hydrogens is 606 g/mol. The minimum absolute atomic E-state index is 0.0541. The molecule has 0 aliphatic heterocycles. The number of ether oxygens (including phenoxy) is 3. The van der Waals surface area contributed by atoms with Crippen molar-refractivity contribution in [3.05, 3.63) is 76.8 Å². The van der Waals surface area contributed by atoms with Gasteiger partial charge in [-0.15, -0.1) is 0 Å². The third-order valence-corrected chi connectivity index (χ3v) is 9.09. The third-order valence-electron chi connectivity index (χ3n) is 7.10. The molecule has 3 rings (SSSR count). The Bertz CT molecular complexity index is 1550. The summed E-state index contributed by atoms with van der Waals surface area (Å²) in [5, 5.41) is 3.11. The Morgan fingerprint density at radius 2 is 1.55 bits per heavy atom. The number of sulfonamides is 1. The van der Waals surface area contributed by atoms with Gasteiger partial charge in [0.2, 0.25) is 11.8 Å². The number of amides is 2. The Kier molecular flexibility index (Phi) is 12.3. The molecule has 238 valence electrons. The van der Waals surface area contributed by atoms with Crippen LogP contribution in [0.1, 0.15) is 37.8 Å². The summed E-state index contributed by atoms with van der Waals surface area (Å²) >= 11 is 6.31. The van der Waals surface area contributed by atoms with Crippen LogP contribution in [0.25, 0.3) is 0 Å². The van der Waals surface area contributed by atoms with Gasteiger partial charge < -0.3 is 24.4 Å². The van der Waals surface area contributed by atoms with E-state index in [1.54, 1.807) is 13.0 Å². The lowest BCUT2D eigenvalue weighted by Gasteiger charge is -2.32. The zero-order valence-electron chi connectivity index (χ0n) is 25.9. The number of nitrogens with one attached hydrogen (secondary N) is 1. The minimum Gasteiger partial charge on any atom is -0.495 e. The number of unbranched alkanes of at least 4 members (excludes halogenated alkanes) is 1. The SMILES string of the molecule is CCCCNC(=O)C(C)N(Cc1ccc(C)cc1)C(=O)CN(c1cc(Cl)ccc1OC)S(=O)(=O)c1ccc(OC)c(OC)c1. The first-order valence-electron chi connectivity index (χ1n) is 14.2. The Morgan fingerprint density at radius 3 is 2.16 bits per heavy atom. The molecule has 2 amide bonds. The van der Waals surface area contributed by atoms with Crippen LogP contribution in [0.2, 0.25) is 5.02 Å². The average Bonchev–Trinajstić information content (AvgIpc) is 3.02. The first-order valence-corrected chi connectivity index (χ1v) is 16.0. The number of hydrogen-bond donors (Lipinski definition) is 1. The molecular formula is C32H40ClN3O7S. The van der Waals surface area contributed by atoms with Crippen LogP contribution in [-0.2, 0) is 26.2 Å². The lowest BCUT2D eigenvalue weighted by atomic mass is 10.1. The fourth-order valence-corrected chi connectivity index (χ4v) is 6.08. The van der Waals surface area contributed by atoms with Crippen molar-refractivity contribution in [1.82, 2.24) is 10.2 Å². The summed E-state index contributed by atoms with van der Waals surface area (Å²) in [5.74, 6) is -0.233. The van der Waals surface area contributed by atoms with Gasteiger partial charge in [0.1, 0.15) is 18.3 Å². The van der Waals surface area contributed by atoms with Crippen molar-refractivity contribution < 1.29 is 32.2 Å². The van der Waals surface area contributed by atoms with E-state index in [1.165, 1.54) is 56.6 Å². The second kappa shape index (κ2) is 15.7. The van der Waals surface area contributed by atoms with Crippen LogP contribution in [0.3, 0.4) is 0 Å². The van der Waals surface area contributed by atoms with E-state index >= 15 is 0 Å². The fourth-order valence-electron chi connectivity index (χ4n) is 4.48. The van der Waals surface area contributed by atoms with E-state index < -0.39 is 28.5 Å². The lowest BCUT2D eigenvalue weighted by Crippen LogP contribution is -2.51. The molecule has 0 saturated heterocycles. The number of methoxy groups -OCH3 is 3. The fraction of sp³-hybridized carbons (Fsp3) is 0.375. The van der Waals surface area contributed by atoms with Crippen LogP contribution in [0.15, 0.2) is 65.6 Å². The van der Waals surface area contributed by atoms with E-state index in [-0.39, 0.29) is 39.6 Å². The summed E-state index contributed by atoms with van der Waals surface area (Å²) in [5.41, 5.74) is 1.88. The van der Waals surface area contributed by atoms with Gasteiger partial charge in [-0.2, -0.15) is 0 Å². The van der Waals surface area contributed by atoms with Crippen molar-refractivity contribution in [1.29, 1.82) is 0 Å². The molecule has 0 aromatic heterocycles. The number of hydrogen-bond acceptors (Lipinski definition) is 7. The predicted octanol–water partition coefficient (Wildman–Crippen LogP) is 5.20. The molecule has 12 heteroatoms. The summed E-state index contributed by atoms with van der Waals surface area (Å²) in [6, 6.07) is 15.3. The van der Waals surface area contributed by atoms with Gasteiger partial charge in [0.05, 0.1) is 31.9 Å². The maximum absolute atomic E-state index is 14.3. The highest BCUT2D eigenvalue weighted by atomic mass is 35.5. The highest BCUT2D eigenvalue weighted by molar-refractivity contribution is 7.92. The maximum atomic E-state index is 14.3. The lowest BCUT2D eigenvalue weighted by molar-refractivity contribution is -0.139. The third kappa shape index (κ3) is 8.35. The van der Waals surface area contributed by atoms with Crippen LogP contribution in [0.4, 0.5) is 5.69 Å². The number of aryl methyl sites for hydroxylation is 1. The molecule has 0 aliphatic carbocycles. The predicted molar refractivity (Wildman–Crippen MR) is 171 cm³/mol. The Labute approximate surface area is 264 Å². The molecule has 0 saturated carbocycles. The first-order chi connectivity index (χ1) is 21.0. The minimum atomic E-state index is -4.42. The van der Waals surface area contributed by atoms with Crippen molar-refractivity contribution in [3.8, 4) is 17.2 Å². The van der Waals surface area contributed by atoms with E-state index in [9.17, 15) is 18.0 Å². The van der Waals surface area contributed by atoms with Crippen molar-refractivity contribution in [2.24, 2.45) is 0 Å². The number of rotatable bonds is 15. The molecule has 3 aromatic carbocycles. The molecule has 0 bridgehead atoms. The van der Waals surface area contributed by atoms with Crippen molar-refractivity contribution >= 4 is 39.1 Å². The van der Waals surface area contributed by atoms with Crippen LogP contribution in [0, 0.1) is 6.92 Å². The van der Waals surface area contributed by atoms with Crippen LogP contribution < -0.4 is 23.8 Å². The zero-order chi connectivity index (χ0) is 32.4. The van der Waals surface area contributed by atoms with Crippen LogP contribution in [-0.4, -0.2) is 65.6 Å². The van der Waals surface area contributed by atoms with E-state index in [4.69, 9.17) is 25.8 Å². The van der Waals surface area contributed by atoms with E-state index in [2.05, 4.69) is 5.32 Å². The molecule has 0 aliphatic rings. The molecule has 1 atom stereocenters. The number of carbonyl (C=O) groups excluding carboxylic acids is 2. The summed E-state index contributed by atoms with van der Waals surface area (Å²) in [6.45, 7) is 5.49. The Balaban J connectivity index is 2.11. The molecule has 3 aromatic rings. The van der Waals surface area contributed by atoms with Gasteiger partial charge in [-0.3, -0.25) is 13.9 Å². The normalized spacial score (nSPS) is 11.8. The van der Waals surface area contributed by atoms with Gasteiger partial charge in [-0.25, -0.2) is 8.42 Å². The average molecular weight is 646 g/mol. The van der Waals surface area contributed by atoms with Crippen molar-refractivity contribution in [2.75, 3.05) is 38.7 Å². The number of halogens is 1. The molecule has 1 unspecified atom stereocenters. The van der Waals surface area contributed by atoms with Gasteiger partial charge in [0, 0.05) is 24.2 Å². The first kappa shape index (κ1) is 34.5. The van der Waals surface area contributed by atoms with Gasteiger partial charge in [-0.1, -0.05) is 54.8 Å². The number of benzene rings is 3. The smallest absolute Gasteiger partial charge is 0.265 e. The second-order valence-electron chi connectivity index (χ2n) is 10.2. The topological polar surface area (TPSA) is 114 Å². The molecule has 10 nitrogen and oxygen atoms in total. The van der Waals surface area contributed by atoms with Gasteiger partial charge >= 0.3 is 0 Å².